The lowest BCUT2D eigenvalue weighted by molar-refractivity contribution is -0.132. The number of nitrogens with one attached hydrogen (secondary N) is 1. The first-order valence-corrected chi connectivity index (χ1v) is 12.2. The fourth-order valence-electron chi connectivity index (χ4n) is 5.28. The van der Waals surface area contributed by atoms with Crippen LogP contribution in [0.15, 0.2) is 29.3 Å². The number of alkyl halides is 1. The lowest BCUT2D eigenvalue weighted by atomic mass is 9.96. The van der Waals surface area contributed by atoms with Gasteiger partial charge < -0.3 is 10.7 Å². The summed E-state index contributed by atoms with van der Waals surface area (Å²) >= 11 is 7.89. The molecule has 3 heterocycles. The summed E-state index contributed by atoms with van der Waals surface area (Å²) in [6, 6.07) is 8.72. The molecule has 3 atom stereocenters. The highest BCUT2D eigenvalue weighted by Gasteiger charge is 2.36. The molecular formula is C22H28ClN5OS. The number of hydrogen-bond acceptors (Lipinski definition) is 5. The van der Waals surface area contributed by atoms with Gasteiger partial charge in [0.1, 0.15) is 11.2 Å². The Morgan fingerprint density at radius 3 is 2.87 bits per heavy atom. The van der Waals surface area contributed by atoms with Crippen molar-refractivity contribution in [3.63, 3.8) is 0 Å². The summed E-state index contributed by atoms with van der Waals surface area (Å²) in [5.41, 5.74) is 3.33. The summed E-state index contributed by atoms with van der Waals surface area (Å²) in [6.45, 7) is 2.33. The molecule has 6 nitrogen and oxygen atoms in total. The Labute approximate surface area is 186 Å². The first-order chi connectivity index (χ1) is 14.5. The van der Waals surface area contributed by atoms with E-state index in [1.165, 1.54) is 31.2 Å². The highest BCUT2D eigenvalue weighted by atomic mass is 35.5. The van der Waals surface area contributed by atoms with Crippen molar-refractivity contribution in [2.75, 3.05) is 18.1 Å². The van der Waals surface area contributed by atoms with Gasteiger partial charge in [-0.15, -0.1) is 23.4 Å². The third kappa shape index (κ3) is 3.51. The maximum Gasteiger partial charge on any atom is 0.221 e. The predicted molar refractivity (Wildman–Crippen MR) is 125 cm³/mol. The fourth-order valence-corrected chi connectivity index (χ4v) is 6.62. The standard InChI is InChI=1S/C22H28ClN5OS/c1-13(29)27(16-10-19(23)25-11-16)20-12-30-22(26-20)18-9-15-7-4-8-17(21(15)28(18)24)14-5-2-3-6-14/h4,7-9,14,16,19-20,25H,2-3,5-6,10-12,24H2,1H3. The molecule has 2 aromatic rings. The van der Waals surface area contributed by atoms with E-state index in [4.69, 9.17) is 22.4 Å². The molecule has 3 unspecified atom stereocenters. The van der Waals surface area contributed by atoms with Gasteiger partial charge in [-0.05, 0) is 36.8 Å². The van der Waals surface area contributed by atoms with Crippen LogP contribution in [-0.4, -0.2) is 50.5 Å². The number of aromatic nitrogens is 1. The number of aliphatic imine (C=N–C) groups is 1. The predicted octanol–water partition coefficient (Wildman–Crippen LogP) is 3.61. The van der Waals surface area contributed by atoms with Crippen molar-refractivity contribution in [3.05, 3.63) is 35.5 Å². The van der Waals surface area contributed by atoms with E-state index in [2.05, 4.69) is 29.6 Å². The van der Waals surface area contributed by atoms with Gasteiger partial charge in [0.15, 0.2) is 0 Å². The normalized spacial score (nSPS) is 27.1. The van der Waals surface area contributed by atoms with Crippen molar-refractivity contribution in [1.29, 1.82) is 0 Å². The van der Waals surface area contributed by atoms with Crippen LogP contribution in [0.2, 0.25) is 0 Å². The molecule has 2 aliphatic heterocycles. The van der Waals surface area contributed by atoms with E-state index in [0.29, 0.717) is 12.5 Å². The fraction of sp³-hybridized carbons (Fsp3) is 0.545. The van der Waals surface area contributed by atoms with Gasteiger partial charge in [0, 0.05) is 30.6 Å². The Morgan fingerprint density at radius 2 is 2.17 bits per heavy atom. The number of thioether (sulfide) groups is 1. The van der Waals surface area contributed by atoms with Gasteiger partial charge in [-0.1, -0.05) is 31.0 Å². The SMILES string of the molecule is CC(=O)N(C1CNC(Cl)C1)C1CSC(c2cc3cccc(C4CCCC4)c3n2N)=N1. The van der Waals surface area contributed by atoms with Crippen LogP contribution < -0.4 is 11.2 Å². The monoisotopic (exact) mass is 445 g/mol. The number of benzene rings is 1. The van der Waals surface area contributed by atoms with Gasteiger partial charge in [0.2, 0.25) is 5.91 Å². The third-order valence-corrected chi connectivity index (χ3v) is 8.06. The first kappa shape index (κ1) is 20.2. The maximum absolute atomic E-state index is 12.4. The molecule has 30 heavy (non-hydrogen) atoms. The van der Waals surface area contributed by atoms with Gasteiger partial charge in [-0.25, -0.2) is 0 Å². The Balaban J connectivity index is 1.48. The molecule has 5 rings (SSSR count). The summed E-state index contributed by atoms with van der Waals surface area (Å²) < 4.78 is 1.82. The Hall–Kier alpha value is -1.70. The molecule has 1 amide bonds. The average Bonchev–Trinajstić information content (AvgIpc) is 3.50. The Bertz CT molecular complexity index is 999. The first-order valence-electron chi connectivity index (χ1n) is 10.8. The second kappa shape index (κ2) is 8.09. The lowest BCUT2D eigenvalue weighted by Gasteiger charge is -2.31. The van der Waals surface area contributed by atoms with Gasteiger partial charge in [0.05, 0.1) is 16.7 Å². The number of carbonyl (C=O) groups is 1. The Morgan fingerprint density at radius 1 is 1.37 bits per heavy atom. The number of halogens is 1. The van der Waals surface area contributed by atoms with Crippen LogP contribution in [0.5, 0.6) is 0 Å². The number of nitrogen functional groups attached to an aromatic ring is 1. The van der Waals surface area contributed by atoms with E-state index >= 15 is 0 Å². The highest BCUT2D eigenvalue weighted by Crippen LogP contribution is 2.39. The summed E-state index contributed by atoms with van der Waals surface area (Å²) in [5.74, 6) is 8.00. The summed E-state index contributed by atoms with van der Waals surface area (Å²) in [6.07, 6.45) is 5.63. The molecule has 1 saturated carbocycles. The molecule has 1 saturated heterocycles. The van der Waals surface area contributed by atoms with Crippen molar-refractivity contribution in [1.82, 2.24) is 14.9 Å². The van der Waals surface area contributed by atoms with Crippen LogP contribution in [0.1, 0.15) is 56.2 Å². The average molecular weight is 446 g/mol. The van der Waals surface area contributed by atoms with E-state index in [-0.39, 0.29) is 23.6 Å². The van der Waals surface area contributed by atoms with Gasteiger partial charge in [-0.3, -0.25) is 19.8 Å². The number of fused-ring (bicyclic) bond motifs is 1. The van der Waals surface area contributed by atoms with E-state index in [1.54, 1.807) is 18.7 Å². The molecule has 2 fully saturated rings. The minimum absolute atomic E-state index is 0.0416. The Kier molecular flexibility index (Phi) is 5.45. The minimum atomic E-state index is -0.177. The van der Waals surface area contributed by atoms with Crippen molar-refractivity contribution in [2.24, 2.45) is 4.99 Å². The summed E-state index contributed by atoms with van der Waals surface area (Å²) in [5, 5.41) is 5.30. The number of carbonyl (C=O) groups excluding carboxylic acids is 1. The van der Waals surface area contributed by atoms with E-state index in [1.807, 2.05) is 9.58 Å². The molecule has 1 aliphatic carbocycles. The van der Waals surface area contributed by atoms with Crippen molar-refractivity contribution >= 4 is 45.2 Å². The quantitative estimate of drug-likeness (QED) is 0.428. The molecule has 1 aromatic carbocycles. The molecular weight excluding hydrogens is 418 g/mol. The van der Waals surface area contributed by atoms with Crippen LogP contribution in [0.3, 0.4) is 0 Å². The number of nitrogens with two attached hydrogens (primary N) is 1. The second-order valence-electron chi connectivity index (χ2n) is 8.58. The highest BCUT2D eigenvalue weighted by molar-refractivity contribution is 8.14. The van der Waals surface area contributed by atoms with Gasteiger partial charge in [0.25, 0.3) is 0 Å². The topological polar surface area (TPSA) is 75.7 Å². The van der Waals surface area contributed by atoms with Gasteiger partial charge >= 0.3 is 0 Å². The van der Waals surface area contributed by atoms with Crippen LogP contribution in [-0.2, 0) is 4.79 Å². The van der Waals surface area contributed by atoms with Crippen LogP contribution in [0.4, 0.5) is 0 Å². The number of amides is 1. The zero-order valence-electron chi connectivity index (χ0n) is 17.2. The largest absolute Gasteiger partial charge is 0.338 e. The van der Waals surface area contributed by atoms with Crippen molar-refractivity contribution in [3.8, 4) is 0 Å². The van der Waals surface area contributed by atoms with E-state index in [0.717, 1.165) is 33.8 Å². The van der Waals surface area contributed by atoms with Crippen LogP contribution in [0.25, 0.3) is 10.9 Å². The van der Waals surface area contributed by atoms with Crippen LogP contribution >= 0.6 is 23.4 Å². The summed E-state index contributed by atoms with van der Waals surface area (Å²) in [7, 11) is 0. The minimum Gasteiger partial charge on any atom is -0.338 e. The van der Waals surface area contributed by atoms with Crippen LogP contribution in [0, 0.1) is 0 Å². The van der Waals surface area contributed by atoms with Gasteiger partial charge in [-0.2, -0.15) is 0 Å². The number of nitrogens with zero attached hydrogens (tertiary/aromatic N) is 3. The smallest absolute Gasteiger partial charge is 0.221 e. The molecule has 0 bridgehead atoms. The lowest BCUT2D eigenvalue weighted by Crippen LogP contribution is -2.46. The number of rotatable bonds is 4. The molecule has 3 aliphatic rings. The third-order valence-electron chi connectivity index (χ3n) is 6.67. The molecule has 0 spiro atoms. The zero-order chi connectivity index (χ0) is 20.8. The molecule has 3 N–H and O–H groups in total. The van der Waals surface area contributed by atoms with E-state index in [9.17, 15) is 4.79 Å². The number of hydrogen-bond donors (Lipinski definition) is 2. The molecule has 1 aromatic heterocycles. The van der Waals surface area contributed by atoms with Crippen molar-refractivity contribution < 1.29 is 4.79 Å². The molecule has 160 valence electrons. The maximum atomic E-state index is 12.4. The summed E-state index contributed by atoms with van der Waals surface area (Å²) in [4.78, 5) is 19.3. The van der Waals surface area contributed by atoms with E-state index < -0.39 is 0 Å². The molecule has 0 radical (unpaired) electrons. The molecule has 8 heteroatoms. The number of para-hydroxylation sites is 1. The van der Waals surface area contributed by atoms with Crippen molar-refractivity contribution in [2.45, 2.75) is 62.7 Å². The second-order valence-corrected chi connectivity index (χ2v) is 10.1. The zero-order valence-corrected chi connectivity index (χ0v) is 18.8.